The van der Waals surface area contributed by atoms with Gasteiger partial charge < -0.3 is 16.9 Å². The van der Waals surface area contributed by atoms with Crippen LogP contribution in [0.15, 0.2) is 42.6 Å². The van der Waals surface area contributed by atoms with Crippen LogP contribution in [-0.4, -0.2) is 44.4 Å². The number of primary amides is 1. The number of imidazole rings is 1. The third-order valence-corrected chi connectivity index (χ3v) is 6.44. The van der Waals surface area contributed by atoms with Crippen LogP contribution in [0.1, 0.15) is 71.4 Å². The van der Waals surface area contributed by atoms with Crippen LogP contribution >= 0.6 is 0 Å². The van der Waals surface area contributed by atoms with Crippen molar-refractivity contribution in [2.45, 2.75) is 45.6 Å². The van der Waals surface area contributed by atoms with Crippen molar-refractivity contribution in [2.24, 2.45) is 5.73 Å². The standard InChI is InChI=1S/C27H31N7O2/c1-3-5-15-33-16-7-6-8-21(33)26-32-23(24(25(28)35)34(26)29)19-9-11-20(12-10-19)27(36)31-22-17-18(4-2)13-14-30-22/h9-14,17,21H,4,6-8,15-16,29H2,1-2H3,(H2,28,35)(H,30,31,36). The number of nitrogens with one attached hydrogen (secondary N) is 1. The molecule has 3 aromatic rings. The second-order valence-electron chi connectivity index (χ2n) is 8.74. The van der Waals surface area contributed by atoms with Crippen molar-refractivity contribution in [2.75, 3.05) is 24.2 Å². The number of aryl methyl sites for hydroxylation is 1. The SMILES string of the molecule is CC#CCN1CCCCC1c1nc(-c2ccc(C(=O)Nc3cc(CC)ccn3)cc2)c(C(N)=O)n1N. The Labute approximate surface area is 210 Å². The number of pyridine rings is 1. The van der Waals surface area contributed by atoms with E-state index in [2.05, 4.69) is 27.0 Å². The zero-order valence-electron chi connectivity index (χ0n) is 20.6. The fourth-order valence-electron chi connectivity index (χ4n) is 4.51. The minimum absolute atomic E-state index is 0.0621. The van der Waals surface area contributed by atoms with Gasteiger partial charge in [-0.05, 0) is 62.6 Å². The molecule has 1 aliphatic heterocycles. The minimum Gasteiger partial charge on any atom is -0.364 e. The number of benzene rings is 1. The van der Waals surface area contributed by atoms with E-state index in [4.69, 9.17) is 16.6 Å². The maximum Gasteiger partial charge on any atom is 0.269 e. The van der Waals surface area contributed by atoms with E-state index in [1.807, 2.05) is 26.0 Å². The number of nitrogen functional groups attached to an aromatic ring is 1. The van der Waals surface area contributed by atoms with Gasteiger partial charge in [-0.25, -0.2) is 14.6 Å². The zero-order chi connectivity index (χ0) is 25.7. The van der Waals surface area contributed by atoms with Crippen LogP contribution in [0.5, 0.6) is 0 Å². The van der Waals surface area contributed by atoms with Gasteiger partial charge in [0.15, 0.2) is 5.69 Å². The predicted octanol–water partition coefficient (Wildman–Crippen LogP) is 3.12. The van der Waals surface area contributed by atoms with E-state index < -0.39 is 5.91 Å². The van der Waals surface area contributed by atoms with Crippen LogP contribution in [0.4, 0.5) is 5.82 Å². The van der Waals surface area contributed by atoms with Crippen molar-refractivity contribution in [1.82, 2.24) is 19.5 Å². The average molecular weight is 486 g/mol. The molecule has 9 heteroatoms. The smallest absolute Gasteiger partial charge is 0.269 e. The molecule has 5 N–H and O–H groups in total. The number of carbonyl (C=O) groups excluding carboxylic acids is 2. The molecule has 1 saturated heterocycles. The molecular weight excluding hydrogens is 454 g/mol. The summed E-state index contributed by atoms with van der Waals surface area (Å²) in [6.45, 7) is 5.34. The summed E-state index contributed by atoms with van der Waals surface area (Å²) in [5.74, 6) is 12.6. The minimum atomic E-state index is -0.661. The van der Waals surface area contributed by atoms with Gasteiger partial charge in [0, 0.05) is 17.3 Å². The van der Waals surface area contributed by atoms with Crippen molar-refractivity contribution in [3.05, 3.63) is 65.2 Å². The molecule has 4 rings (SSSR count). The second kappa shape index (κ2) is 11.1. The molecule has 0 aliphatic carbocycles. The highest BCUT2D eigenvalue weighted by Crippen LogP contribution is 2.33. The lowest BCUT2D eigenvalue weighted by Crippen LogP contribution is -2.37. The number of aromatic nitrogens is 3. The number of hydrogen-bond donors (Lipinski definition) is 3. The van der Waals surface area contributed by atoms with Gasteiger partial charge in [0.2, 0.25) is 0 Å². The number of rotatable bonds is 7. The van der Waals surface area contributed by atoms with E-state index in [9.17, 15) is 9.59 Å². The summed E-state index contributed by atoms with van der Waals surface area (Å²) >= 11 is 0. The molecule has 0 spiro atoms. The van der Waals surface area contributed by atoms with E-state index in [0.29, 0.717) is 35.0 Å². The van der Waals surface area contributed by atoms with Crippen LogP contribution in [0.3, 0.4) is 0 Å². The molecule has 2 amide bonds. The van der Waals surface area contributed by atoms with Crippen molar-refractivity contribution >= 4 is 17.6 Å². The first kappa shape index (κ1) is 24.9. The van der Waals surface area contributed by atoms with Gasteiger partial charge in [-0.15, -0.1) is 5.92 Å². The van der Waals surface area contributed by atoms with E-state index >= 15 is 0 Å². The first-order valence-corrected chi connectivity index (χ1v) is 12.1. The van der Waals surface area contributed by atoms with Crippen molar-refractivity contribution in [3.8, 4) is 23.1 Å². The molecule has 1 fully saturated rings. The molecule has 0 bridgehead atoms. The first-order valence-electron chi connectivity index (χ1n) is 12.1. The number of carbonyl (C=O) groups is 2. The second-order valence-corrected chi connectivity index (χ2v) is 8.74. The summed E-state index contributed by atoms with van der Waals surface area (Å²) in [7, 11) is 0. The lowest BCUT2D eigenvalue weighted by molar-refractivity contribution is 0.0990. The normalized spacial score (nSPS) is 15.7. The Kier molecular flexibility index (Phi) is 7.66. The van der Waals surface area contributed by atoms with Crippen molar-refractivity contribution in [1.29, 1.82) is 0 Å². The molecular formula is C27H31N7O2. The molecule has 9 nitrogen and oxygen atoms in total. The van der Waals surface area contributed by atoms with E-state index in [1.165, 1.54) is 4.68 Å². The first-order chi connectivity index (χ1) is 17.4. The molecule has 186 valence electrons. The lowest BCUT2D eigenvalue weighted by Gasteiger charge is -2.33. The average Bonchev–Trinajstić information content (AvgIpc) is 3.24. The van der Waals surface area contributed by atoms with Gasteiger partial charge >= 0.3 is 0 Å². The number of nitrogens with two attached hydrogens (primary N) is 2. The maximum absolute atomic E-state index is 12.7. The summed E-state index contributed by atoms with van der Waals surface area (Å²) in [6, 6.07) is 10.5. The Morgan fingerprint density at radius 2 is 1.97 bits per heavy atom. The largest absolute Gasteiger partial charge is 0.364 e. The Hall–Kier alpha value is -4.16. The van der Waals surface area contributed by atoms with Gasteiger partial charge in [-0.2, -0.15) is 0 Å². The summed E-state index contributed by atoms with van der Waals surface area (Å²) in [4.78, 5) is 36.3. The maximum atomic E-state index is 12.7. The zero-order valence-corrected chi connectivity index (χ0v) is 20.6. The number of piperidine rings is 1. The molecule has 1 aliphatic rings. The summed E-state index contributed by atoms with van der Waals surface area (Å²) in [5, 5.41) is 2.82. The molecule has 1 unspecified atom stereocenters. The monoisotopic (exact) mass is 485 g/mol. The Morgan fingerprint density at radius 3 is 2.67 bits per heavy atom. The Bertz CT molecular complexity index is 1320. The lowest BCUT2D eigenvalue weighted by atomic mass is 10.0. The Morgan fingerprint density at radius 1 is 1.19 bits per heavy atom. The highest BCUT2D eigenvalue weighted by molar-refractivity contribution is 6.04. The quantitative estimate of drug-likeness (QED) is 0.348. The third kappa shape index (κ3) is 5.24. The fraction of sp³-hybridized carbons (Fsp3) is 0.333. The van der Waals surface area contributed by atoms with Gasteiger partial charge in [0.1, 0.15) is 17.3 Å². The number of hydrogen-bond acceptors (Lipinski definition) is 6. The topological polar surface area (TPSA) is 132 Å². The molecule has 1 aromatic carbocycles. The summed E-state index contributed by atoms with van der Waals surface area (Å²) < 4.78 is 1.31. The van der Waals surface area contributed by atoms with Gasteiger partial charge in [0.25, 0.3) is 11.8 Å². The highest BCUT2D eigenvalue weighted by Gasteiger charge is 2.31. The molecule has 1 atom stereocenters. The number of amides is 2. The van der Waals surface area contributed by atoms with Crippen LogP contribution in [0.25, 0.3) is 11.3 Å². The van der Waals surface area contributed by atoms with E-state index in [-0.39, 0.29) is 17.6 Å². The molecule has 0 radical (unpaired) electrons. The van der Waals surface area contributed by atoms with Crippen molar-refractivity contribution < 1.29 is 9.59 Å². The van der Waals surface area contributed by atoms with Crippen molar-refractivity contribution in [3.63, 3.8) is 0 Å². The Balaban J connectivity index is 1.62. The predicted molar refractivity (Wildman–Crippen MR) is 140 cm³/mol. The van der Waals surface area contributed by atoms with Crippen LogP contribution in [-0.2, 0) is 6.42 Å². The molecule has 3 heterocycles. The van der Waals surface area contributed by atoms with Gasteiger partial charge in [-0.3, -0.25) is 14.5 Å². The molecule has 0 saturated carbocycles. The number of anilines is 1. The molecule has 2 aromatic heterocycles. The van der Waals surface area contributed by atoms with E-state index in [1.54, 1.807) is 30.5 Å². The highest BCUT2D eigenvalue weighted by atomic mass is 16.2. The summed E-state index contributed by atoms with van der Waals surface area (Å²) in [6.07, 6.45) is 5.50. The summed E-state index contributed by atoms with van der Waals surface area (Å²) in [5.41, 5.74) is 8.43. The van der Waals surface area contributed by atoms with Crippen LogP contribution < -0.4 is 16.9 Å². The van der Waals surface area contributed by atoms with Crippen LogP contribution in [0, 0.1) is 11.8 Å². The fourth-order valence-corrected chi connectivity index (χ4v) is 4.51. The van der Waals surface area contributed by atoms with Gasteiger partial charge in [-0.1, -0.05) is 31.4 Å². The molecule has 36 heavy (non-hydrogen) atoms. The third-order valence-electron chi connectivity index (χ3n) is 6.44. The van der Waals surface area contributed by atoms with E-state index in [0.717, 1.165) is 37.8 Å². The van der Waals surface area contributed by atoms with Gasteiger partial charge in [0.05, 0.1) is 12.6 Å². The number of likely N-dealkylation sites (tertiary alicyclic amines) is 1. The van der Waals surface area contributed by atoms with Crippen LogP contribution in [0.2, 0.25) is 0 Å². The number of nitrogens with zero attached hydrogens (tertiary/aromatic N) is 4.